The van der Waals surface area contributed by atoms with Gasteiger partial charge in [-0.25, -0.2) is 4.98 Å². The minimum atomic E-state index is -0.196. The van der Waals surface area contributed by atoms with E-state index in [-0.39, 0.29) is 23.9 Å². The number of nitrogen functional groups attached to an aromatic ring is 1. The van der Waals surface area contributed by atoms with E-state index < -0.39 is 0 Å². The molecule has 0 unspecified atom stereocenters. The second-order valence-corrected chi connectivity index (χ2v) is 6.71. The fraction of sp³-hybridized carbons (Fsp3) is 0.692. The largest absolute Gasteiger partial charge is 0.393 e. The number of aromatic nitrogens is 1. The van der Waals surface area contributed by atoms with Crippen molar-refractivity contribution < 1.29 is 9.90 Å². The standard InChI is InChI=1S/C13H22N4O2S/c1-7(2)15-13-16-11(14)10(20-13)12(19)17(3)6-8-4-9(18)5-8/h7-9,18H,4-6,14H2,1-3H3,(H,15,16). The third-order valence-corrected chi connectivity index (χ3v) is 4.34. The van der Waals surface area contributed by atoms with Crippen LogP contribution < -0.4 is 11.1 Å². The van der Waals surface area contributed by atoms with Crippen molar-refractivity contribution in [2.45, 2.75) is 38.8 Å². The number of nitrogens with zero attached hydrogens (tertiary/aromatic N) is 2. The number of nitrogens with one attached hydrogen (secondary N) is 1. The van der Waals surface area contributed by atoms with Crippen molar-refractivity contribution in [2.75, 3.05) is 24.6 Å². The number of aliphatic hydroxyl groups excluding tert-OH is 1. The van der Waals surface area contributed by atoms with Crippen LogP contribution in [0, 0.1) is 5.92 Å². The molecule has 6 nitrogen and oxygen atoms in total. The first kappa shape index (κ1) is 15.1. The minimum absolute atomic E-state index is 0.0989. The van der Waals surface area contributed by atoms with Crippen molar-refractivity contribution in [3.05, 3.63) is 4.88 Å². The first-order valence-electron chi connectivity index (χ1n) is 6.83. The first-order valence-corrected chi connectivity index (χ1v) is 7.64. The summed E-state index contributed by atoms with van der Waals surface area (Å²) in [6, 6.07) is 0.248. The van der Waals surface area contributed by atoms with Gasteiger partial charge in [0, 0.05) is 19.6 Å². The fourth-order valence-corrected chi connectivity index (χ4v) is 3.31. The Balaban J connectivity index is 1.99. The summed E-state index contributed by atoms with van der Waals surface area (Å²) in [5, 5.41) is 13.1. The van der Waals surface area contributed by atoms with Crippen molar-refractivity contribution in [2.24, 2.45) is 5.92 Å². The molecule has 1 aromatic heterocycles. The van der Waals surface area contributed by atoms with Crippen LogP contribution in [-0.4, -0.2) is 46.6 Å². The van der Waals surface area contributed by atoms with Crippen LogP contribution >= 0.6 is 11.3 Å². The van der Waals surface area contributed by atoms with E-state index in [1.165, 1.54) is 11.3 Å². The third-order valence-electron chi connectivity index (χ3n) is 3.35. The summed E-state index contributed by atoms with van der Waals surface area (Å²) in [4.78, 5) is 18.7. The van der Waals surface area contributed by atoms with Gasteiger partial charge >= 0.3 is 0 Å². The Kier molecular flexibility index (Phi) is 4.49. The lowest BCUT2D eigenvalue weighted by molar-refractivity contribution is 0.0266. The molecule has 112 valence electrons. The van der Waals surface area contributed by atoms with Crippen LogP contribution in [0.1, 0.15) is 36.4 Å². The van der Waals surface area contributed by atoms with Crippen LogP contribution in [-0.2, 0) is 0 Å². The summed E-state index contributed by atoms with van der Waals surface area (Å²) >= 11 is 1.29. The molecule has 0 radical (unpaired) electrons. The molecule has 1 aromatic rings. The topological polar surface area (TPSA) is 91.5 Å². The van der Waals surface area contributed by atoms with E-state index in [1.807, 2.05) is 13.8 Å². The molecule has 1 aliphatic rings. The van der Waals surface area contributed by atoms with Crippen LogP contribution in [0.5, 0.6) is 0 Å². The number of rotatable bonds is 5. The Labute approximate surface area is 123 Å². The summed E-state index contributed by atoms with van der Waals surface area (Å²) in [5.41, 5.74) is 5.83. The van der Waals surface area contributed by atoms with Crippen molar-refractivity contribution in [3.8, 4) is 0 Å². The van der Waals surface area contributed by atoms with Crippen LogP contribution in [0.15, 0.2) is 0 Å². The summed E-state index contributed by atoms with van der Waals surface area (Å²) in [5.74, 6) is 0.572. The average molecular weight is 298 g/mol. The predicted octanol–water partition coefficient (Wildman–Crippen LogP) is 1.39. The summed E-state index contributed by atoms with van der Waals surface area (Å²) in [6.07, 6.45) is 1.35. The monoisotopic (exact) mass is 298 g/mol. The van der Waals surface area contributed by atoms with Gasteiger partial charge in [-0.3, -0.25) is 4.79 Å². The first-order chi connectivity index (χ1) is 9.36. The van der Waals surface area contributed by atoms with Gasteiger partial charge in [0.2, 0.25) is 0 Å². The predicted molar refractivity (Wildman–Crippen MR) is 81.0 cm³/mol. The number of carbonyl (C=O) groups excluding carboxylic acids is 1. The van der Waals surface area contributed by atoms with Crippen molar-refractivity contribution >= 4 is 28.2 Å². The normalized spacial score (nSPS) is 21.6. The maximum absolute atomic E-state index is 12.3. The van der Waals surface area contributed by atoms with Crippen LogP contribution in [0.4, 0.5) is 10.9 Å². The molecular formula is C13H22N4O2S. The van der Waals surface area contributed by atoms with Crippen LogP contribution in [0.2, 0.25) is 0 Å². The Morgan fingerprint density at radius 2 is 2.25 bits per heavy atom. The molecule has 0 spiro atoms. The number of hydrogen-bond donors (Lipinski definition) is 3. The van der Waals surface area contributed by atoms with Gasteiger partial charge < -0.3 is 21.1 Å². The van der Waals surface area contributed by atoms with Crippen LogP contribution in [0.25, 0.3) is 0 Å². The highest BCUT2D eigenvalue weighted by atomic mass is 32.1. The molecule has 0 saturated heterocycles. The Morgan fingerprint density at radius 3 is 2.80 bits per heavy atom. The summed E-state index contributed by atoms with van der Waals surface area (Å²) in [6.45, 7) is 4.67. The molecule has 1 saturated carbocycles. The maximum atomic E-state index is 12.3. The van der Waals surface area contributed by atoms with E-state index in [1.54, 1.807) is 11.9 Å². The van der Waals surface area contributed by atoms with Gasteiger partial charge in [-0.05, 0) is 32.6 Å². The third kappa shape index (κ3) is 3.40. The number of anilines is 2. The number of carbonyl (C=O) groups is 1. The Hall–Kier alpha value is -1.34. The van der Waals surface area contributed by atoms with E-state index in [2.05, 4.69) is 10.3 Å². The molecule has 1 aliphatic carbocycles. The molecule has 1 amide bonds. The van der Waals surface area contributed by atoms with Gasteiger partial charge in [-0.1, -0.05) is 11.3 Å². The average Bonchev–Trinajstić information content (AvgIpc) is 2.66. The second-order valence-electron chi connectivity index (χ2n) is 5.71. The molecular weight excluding hydrogens is 276 g/mol. The van der Waals surface area contributed by atoms with Crippen LogP contribution in [0.3, 0.4) is 0 Å². The number of amides is 1. The highest BCUT2D eigenvalue weighted by Gasteiger charge is 2.30. The molecule has 20 heavy (non-hydrogen) atoms. The lowest BCUT2D eigenvalue weighted by Gasteiger charge is -2.34. The van der Waals surface area contributed by atoms with E-state index in [4.69, 9.17) is 5.73 Å². The lowest BCUT2D eigenvalue weighted by Crippen LogP contribution is -2.39. The van der Waals surface area contributed by atoms with E-state index in [0.29, 0.717) is 22.5 Å². The summed E-state index contributed by atoms with van der Waals surface area (Å²) in [7, 11) is 1.77. The molecule has 0 bridgehead atoms. The number of nitrogens with two attached hydrogens (primary N) is 1. The summed E-state index contributed by atoms with van der Waals surface area (Å²) < 4.78 is 0. The van der Waals surface area contributed by atoms with Gasteiger partial charge in [0.15, 0.2) is 5.13 Å². The van der Waals surface area contributed by atoms with Gasteiger partial charge in [0.25, 0.3) is 5.91 Å². The van der Waals surface area contributed by atoms with E-state index in [9.17, 15) is 9.90 Å². The zero-order valence-electron chi connectivity index (χ0n) is 12.1. The highest BCUT2D eigenvalue weighted by Crippen LogP contribution is 2.30. The van der Waals surface area contributed by atoms with Crippen molar-refractivity contribution in [1.82, 2.24) is 9.88 Å². The van der Waals surface area contributed by atoms with Crippen molar-refractivity contribution in [3.63, 3.8) is 0 Å². The molecule has 1 fully saturated rings. The molecule has 0 aromatic carbocycles. The smallest absolute Gasteiger partial charge is 0.267 e. The minimum Gasteiger partial charge on any atom is -0.393 e. The lowest BCUT2D eigenvalue weighted by atomic mass is 9.82. The highest BCUT2D eigenvalue weighted by molar-refractivity contribution is 7.18. The molecule has 4 N–H and O–H groups in total. The number of hydrogen-bond acceptors (Lipinski definition) is 6. The Bertz CT molecular complexity index is 483. The molecule has 2 rings (SSSR count). The number of aliphatic hydroxyl groups is 1. The van der Waals surface area contributed by atoms with Gasteiger partial charge in [-0.2, -0.15) is 0 Å². The van der Waals surface area contributed by atoms with E-state index in [0.717, 1.165) is 12.8 Å². The molecule has 0 atom stereocenters. The molecule has 0 aliphatic heterocycles. The molecule has 1 heterocycles. The van der Waals surface area contributed by atoms with E-state index >= 15 is 0 Å². The fourth-order valence-electron chi connectivity index (χ4n) is 2.29. The molecule has 7 heteroatoms. The SMILES string of the molecule is CC(C)Nc1nc(N)c(C(=O)N(C)CC2CC(O)C2)s1. The zero-order chi connectivity index (χ0) is 14.9. The number of thiazole rings is 1. The zero-order valence-corrected chi connectivity index (χ0v) is 12.9. The van der Waals surface area contributed by atoms with Gasteiger partial charge in [0.1, 0.15) is 10.7 Å². The maximum Gasteiger partial charge on any atom is 0.267 e. The Morgan fingerprint density at radius 1 is 1.60 bits per heavy atom. The van der Waals surface area contributed by atoms with Gasteiger partial charge in [0.05, 0.1) is 6.10 Å². The second kappa shape index (κ2) is 5.97. The quantitative estimate of drug-likeness (QED) is 0.764. The van der Waals surface area contributed by atoms with Crippen molar-refractivity contribution in [1.29, 1.82) is 0 Å². The van der Waals surface area contributed by atoms with Gasteiger partial charge in [-0.15, -0.1) is 0 Å².